The standard InChI is InChI=1S/C13H15BrN2O/c1-13(17,9-5-6-9)8-16-12-4-2-3-11(14)10(12)7-15/h2-4,9,16-17H,5-6,8H2,1H3. The van der Waals surface area contributed by atoms with E-state index >= 15 is 0 Å². The van der Waals surface area contributed by atoms with Crippen LogP contribution in [0.4, 0.5) is 5.69 Å². The van der Waals surface area contributed by atoms with E-state index in [1.54, 1.807) is 0 Å². The molecule has 0 aromatic heterocycles. The van der Waals surface area contributed by atoms with Crippen molar-refractivity contribution in [2.45, 2.75) is 25.4 Å². The van der Waals surface area contributed by atoms with Gasteiger partial charge in [-0.15, -0.1) is 0 Å². The second-order valence-corrected chi connectivity index (χ2v) is 5.61. The summed E-state index contributed by atoms with van der Waals surface area (Å²) in [6, 6.07) is 7.72. The van der Waals surface area contributed by atoms with Crippen LogP contribution in [0.1, 0.15) is 25.3 Å². The van der Waals surface area contributed by atoms with Gasteiger partial charge in [-0.2, -0.15) is 5.26 Å². The lowest BCUT2D eigenvalue weighted by atomic mass is 10.0. The lowest BCUT2D eigenvalue weighted by Gasteiger charge is -2.24. The predicted molar refractivity (Wildman–Crippen MR) is 70.7 cm³/mol. The van der Waals surface area contributed by atoms with Crippen LogP contribution in [0, 0.1) is 17.2 Å². The maximum Gasteiger partial charge on any atom is 0.103 e. The van der Waals surface area contributed by atoms with E-state index in [0.717, 1.165) is 23.0 Å². The summed E-state index contributed by atoms with van der Waals surface area (Å²) in [4.78, 5) is 0. The smallest absolute Gasteiger partial charge is 0.103 e. The highest BCUT2D eigenvalue weighted by molar-refractivity contribution is 9.10. The Morgan fingerprint density at radius 1 is 1.59 bits per heavy atom. The third-order valence-electron chi connectivity index (χ3n) is 3.22. The minimum atomic E-state index is -0.685. The molecule has 1 aromatic carbocycles. The second-order valence-electron chi connectivity index (χ2n) is 4.76. The van der Waals surface area contributed by atoms with Crippen molar-refractivity contribution in [3.8, 4) is 6.07 Å². The van der Waals surface area contributed by atoms with Gasteiger partial charge in [0, 0.05) is 11.0 Å². The molecule has 1 fully saturated rings. The van der Waals surface area contributed by atoms with E-state index in [1.807, 2.05) is 25.1 Å². The fraction of sp³-hybridized carbons (Fsp3) is 0.462. The fourth-order valence-corrected chi connectivity index (χ4v) is 2.36. The number of nitrogens with zero attached hydrogens (tertiary/aromatic N) is 1. The van der Waals surface area contributed by atoms with E-state index < -0.39 is 5.60 Å². The highest BCUT2D eigenvalue weighted by atomic mass is 79.9. The molecule has 0 radical (unpaired) electrons. The van der Waals surface area contributed by atoms with Crippen molar-refractivity contribution < 1.29 is 5.11 Å². The third-order valence-corrected chi connectivity index (χ3v) is 3.88. The van der Waals surface area contributed by atoms with Crippen LogP contribution in [-0.4, -0.2) is 17.3 Å². The monoisotopic (exact) mass is 294 g/mol. The first-order valence-corrected chi connectivity index (χ1v) is 6.49. The van der Waals surface area contributed by atoms with Crippen molar-refractivity contribution in [3.05, 3.63) is 28.2 Å². The molecule has 1 atom stereocenters. The predicted octanol–water partition coefficient (Wildman–Crippen LogP) is 2.89. The van der Waals surface area contributed by atoms with E-state index in [1.165, 1.54) is 0 Å². The van der Waals surface area contributed by atoms with Gasteiger partial charge in [-0.25, -0.2) is 0 Å². The van der Waals surface area contributed by atoms with Crippen molar-refractivity contribution in [2.24, 2.45) is 5.92 Å². The number of benzene rings is 1. The molecule has 1 unspecified atom stereocenters. The Bertz CT molecular complexity index is 461. The summed E-state index contributed by atoms with van der Waals surface area (Å²) < 4.78 is 0.774. The zero-order chi connectivity index (χ0) is 12.5. The van der Waals surface area contributed by atoms with Gasteiger partial charge in [0.05, 0.1) is 16.9 Å². The Hall–Kier alpha value is -1.05. The average Bonchev–Trinajstić information content (AvgIpc) is 3.10. The van der Waals surface area contributed by atoms with Gasteiger partial charge in [-0.05, 0) is 53.7 Å². The Morgan fingerprint density at radius 2 is 2.29 bits per heavy atom. The Labute approximate surface area is 110 Å². The summed E-state index contributed by atoms with van der Waals surface area (Å²) in [7, 11) is 0. The number of halogens is 1. The van der Waals surface area contributed by atoms with Gasteiger partial charge in [-0.1, -0.05) is 6.07 Å². The molecule has 1 aliphatic rings. The lowest BCUT2D eigenvalue weighted by Crippen LogP contribution is -2.35. The molecule has 0 aliphatic heterocycles. The second kappa shape index (κ2) is 4.67. The van der Waals surface area contributed by atoms with Gasteiger partial charge in [0.1, 0.15) is 6.07 Å². The molecule has 2 N–H and O–H groups in total. The average molecular weight is 295 g/mol. The van der Waals surface area contributed by atoms with Crippen LogP contribution in [0.15, 0.2) is 22.7 Å². The summed E-state index contributed by atoms with van der Waals surface area (Å²) >= 11 is 3.34. The summed E-state index contributed by atoms with van der Waals surface area (Å²) in [5.74, 6) is 0.396. The van der Waals surface area contributed by atoms with Crippen LogP contribution < -0.4 is 5.32 Å². The zero-order valence-corrected chi connectivity index (χ0v) is 11.3. The molecule has 1 aliphatic carbocycles. The van der Waals surface area contributed by atoms with E-state index in [9.17, 15) is 5.11 Å². The minimum Gasteiger partial charge on any atom is -0.388 e. The summed E-state index contributed by atoms with van der Waals surface area (Å²) in [6.07, 6.45) is 2.19. The van der Waals surface area contributed by atoms with Gasteiger partial charge >= 0.3 is 0 Å². The largest absolute Gasteiger partial charge is 0.388 e. The Morgan fingerprint density at radius 3 is 2.88 bits per heavy atom. The van der Waals surface area contributed by atoms with Gasteiger partial charge in [-0.3, -0.25) is 0 Å². The van der Waals surface area contributed by atoms with Gasteiger partial charge in [0.25, 0.3) is 0 Å². The quantitative estimate of drug-likeness (QED) is 0.898. The van der Waals surface area contributed by atoms with Crippen LogP contribution in [0.3, 0.4) is 0 Å². The van der Waals surface area contributed by atoms with Crippen molar-refractivity contribution >= 4 is 21.6 Å². The first-order chi connectivity index (χ1) is 8.04. The molecular formula is C13H15BrN2O. The van der Waals surface area contributed by atoms with Crippen molar-refractivity contribution in [2.75, 3.05) is 11.9 Å². The highest BCUT2D eigenvalue weighted by Crippen LogP contribution is 2.39. The SMILES string of the molecule is CC(O)(CNc1cccc(Br)c1C#N)C1CC1. The minimum absolute atomic E-state index is 0.396. The van der Waals surface area contributed by atoms with Gasteiger partial charge < -0.3 is 10.4 Å². The van der Waals surface area contributed by atoms with Crippen molar-refractivity contribution in [1.29, 1.82) is 5.26 Å². The first kappa shape index (κ1) is 12.4. The van der Waals surface area contributed by atoms with Crippen molar-refractivity contribution in [1.82, 2.24) is 0 Å². The maximum absolute atomic E-state index is 10.2. The number of rotatable bonds is 4. The molecule has 2 rings (SSSR count). The summed E-state index contributed by atoms with van der Waals surface area (Å²) in [5.41, 5.74) is 0.664. The van der Waals surface area contributed by atoms with E-state index in [4.69, 9.17) is 5.26 Å². The normalized spacial score (nSPS) is 18.2. The lowest BCUT2D eigenvalue weighted by molar-refractivity contribution is 0.0503. The van der Waals surface area contributed by atoms with E-state index in [2.05, 4.69) is 27.3 Å². The molecule has 90 valence electrons. The third kappa shape index (κ3) is 2.80. The molecule has 4 heteroatoms. The van der Waals surface area contributed by atoms with Crippen molar-refractivity contribution in [3.63, 3.8) is 0 Å². The zero-order valence-electron chi connectivity index (χ0n) is 9.70. The molecule has 0 amide bonds. The molecule has 0 saturated heterocycles. The van der Waals surface area contributed by atoms with Crippen LogP contribution in [0.25, 0.3) is 0 Å². The molecule has 17 heavy (non-hydrogen) atoms. The van der Waals surface area contributed by atoms with Crippen LogP contribution in [0.2, 0.25) is 0 Å². The first-order valence-electron chi connectivity index (χ1n) is 5.69. The Kier molecular flexibility index (Phi) is 3.41. The van der Waals surface area contributed by atoms with Gasteiger partial charge in [0.2, 0.25) is 0 Å². The fourth-order valence-electron chi connectivity index (χ4n) is 1.91. The molecule has 3 nitrogen and oxygen atoms in total. The van der Waals surface area contributed by atoms with E-state index in [-0.39, 0.29) is 0 Å². The molecule has 0 spiro atoms. The van der Waals surface area contributed by atoms with Crippen LogP contribution in [-0.2, 0) is 0 Å². The number of aliphatic hydroxyl groups is 1. The summed E-state index contributed by atoms with van der Waals surface area (Å²) in [6.45, 7) is 2.32. The number of nitrogens with one attached hydrogen (secondary N) is 1. The highest BCUT2D eigenvalue weighted by Gasteiger charge is 2.39. The van der Waals surface area contributed by atoms with Crippen LogP contribution >= 0.6 is 15.9 Å². The number of nitriles is 1. The topological polar surface area (TPSA) is 56.0 Å². The van der Waals surface area contributed by atoms with E-state index in [0.29, 0.717) is 18.0 Å². The molecule has 0 bridgehead atoms. The number of anilines is 1. The maximum atomic E-state index is 10.2. The Balaban J connectivity index is 2.09. The van der Waals surface area contributed by atoms with Gasteiger partial charge in [0.15, 0.2) is 0 Å². The number of hydrogen-bond donors (Lipinski definition) is 2. The molecule has 1 saturated carbocycles. The number of hydrogen-bond acceptors (Lipinski definition) is 3. The molecule has 0 heterocycles. The molecular weight excluding hydrogens is 280 g/mol. The molecule has 1 aromatic rings. The summed E-state index contributed by atoms with van der Waals surface area (Å²) in [5, 5.41) is 22.4. The van der Waals surface area contributed by atoms with Crippen LogP contribution in [0.5, 0.6) is 0 Å².